The molecule has 2 fully saturated rings. The van der Waals surface area contributed by atoms with Crippen LogP contribution in [0.3, 0.4) is 0 Å². The lowest BCUT2D eigenvalue weighted by Crippen LogP contribution is -2.49. The molecule has 1 unspecified atom stereocenters. The number of benzene rings is 8. The van der Waals surface area contributed by atoms with Crippen LogP contribution in [0.25, 0.3) is 43.1 Å². The number of carbonyl (C=O) groups is 12. The van der Waals surface area contributed by atoms with Gasteiger partial charge in [-0.3, -0.25) is 62.9 Å². The van der Waals surface area contributed by atoms with E-state index in [4.69, 9.17) is 37.9 Å². The van der Waals surface area contributed by atoms with E-state index in [9.17, 15) is 57.5 Å². The monoisotopic (exact) mass is 1800 g/mol. The maximum atomic E-state index is 13.6. The highest BCUT2D eigenvalue weighted by atomic mass is 16.5. The van der Waals surface area contributed by atoms with E-state index >= 15 is 0 Å². The van der Waals surface area contributed by atoms with Gasteiger partial charge in [0.1, 0.15) is 23.0 Å². The number of likely N-dealkylation sites (N-methyl/N-ethyl adjacent to an activating group) is 1. The lowest BCUT2D eigenvalue weighted by Gasteiger charge is -2.41. The van der Waals surface area contributed by atoms with Crippen LogP contribution in [0.15, 0.2) is 171 Å². The molecule has 5 aliphatic heterocycles. The number of likely N-dealkylation sites (tertiary alicyclic amines) is 1. The third kappa shape index (κ3) is 24.4. The second-order valence-electron chi connectivity index (χ2n) is 35.3. The molecule has 5 heterocycles. The lowest BCUT2D eigenvalue weighted by molar-refractivity contribution is -0.140. The van der Waals surface area contributed by atoms with Crippen molar-refractivity contribution in [2.45, 2.75) is 209 Å². The largest absolute Gasteiger partial charge is 0.493 e. The molecule has 1 saturated heterocycles. The van der Waals surface area contributed by atoms with E-state index < -0.39 is 17.9 Å². The smallest absolute Gasteiger partial charge is 0.333 e. The van der Waals surface area contributed by atoms with Gasteiger partial charge in [-0.05, 0) is 201 Å². The maximum absolute atomic E-state index is 13.6. The van der Waals surface area contributed by atoms with E-state index in [1.807, 2.05) is 66.7 Å². The zero-order chi connectivity index (χ0) is 94.7. The summed E-state index contributed by atoms with van der Waals surface area (Å²) in [6, 6.07) is 36.4. The fourth-order valence-electron chi connectivity index (χ4n) is 17.8. The van der Waals surface area contributed by atoms with Gasteiger partial charge in [-0.25, -0.2) is 19.2 Å². The van der Waals surface area contributed by atoms with Crippen LogP contribution in [-0.4, -0.2) is 193 Å². The fraction of sp³-hybridized carbons (Fsp3) is 0.439. The predicted molar refractivity (Wildman–Crippen MR) is 509 cm³/mol. The molecule has 0 radical (unpaired) electrons. The number of nitrogens with zero attached hydrogens (tertiary/aromatic N) is 5. The number of unbranched alkanes of at least 4 members (excludes halogenated alkanes) is 10. The standard InChI is InChI=1S/C31H39NO5.C27H32N2O5.C25H29NO5.C24H27NO5/c1-20(2)30(35)37-19-8-6-7-18-36-26-17-16-25-27-23(26)10-9-11-24(27)28(33)32(29(25)34)22-14-12-21(13-15-22)31(3,4)5;1-3-24(30)34-17-7-5-6-16-33-23-14-13-22-25-20(23)11-8-12-21(25)26(31)29(27(22)32)18-19-10-9-15-28(19)4-2;1-4-5-6-7-14-26-23(27)19-11-8-10-18-21(13-12-20(22(18)19)24(26)28)30-15-9-16-31-25(29)17(2)3;1-3-5-6-7-14-25-23(27)18-11-8-10-17-20(13-12-19(22(17)18)24(25)28)29-15-9-16-30-21(26)4-2/h9-11,16-17,21-22H,1,6-8,12-15,18-19H2,2-5H3;3,8,11-14,19H,1,4-7,9-10,15-18H2,2H3;8,10-13H,2,4-7,9,14-16H2,1,3H3;4,8,10-13H,2-3,5-7,9,14-16H2,1H3. The molecule has 132 heavy (non-hydrogen) atoms. The fourth-order valence-corrected chi connectivity index (χ4v) is 17.8. The molecule has 25 nitrogen and oxygen atoms in total. The predicted octanol–water partition coefficient (Wildman–Crippen LogP) is 20.3. The highest BCUT2D eigenvalue weighted by Gasteiger charge is 2.43. The van der Waals surface area contributed by atoms with Gasteiger partial charge in [0.25, 0.3) is 47.3 Å². The van der Waals surface area contributed by atoms with Crippen LogP contribution in [-0.2, 0) is 38.1 Å². The molecule has 1 saturated carbocycles. The van der Waals surface area contributed by atoms with Crippen LogP contribution in [0, 0.1) is 11.3 Å². The van der Waals surface area contributed by atoms with Crippen molar-refractivity contribution in [3.8, 4) is 23.0 Å². The molecular formula is C107H127N5O20. The van der Waals surface area contributed by atoms with E-state index in [-0.39, 0.29) is 83.9 Å². The van der Waals surface area contributed by atoms with E-state index in [1.165, 1.54) is 19.6 Å². The molecule has 25 heteroatoms. The first kappa shape index (κ1) is 99.9. The van der Waals surface area contributed by atoms with Crippen molar-refractivity contribution in [1.29, 1.82) is 0 Å². The van der Waals surface area contributed by atoms with Gasteiger partial charge in [-0.1, -0.05) is 155 Å². The number of esters is 4. The van der Waals surface area contributed by atoms with Crippen LogP contribution in [0.4, 0.5) is 0 Å². The molecule has 8 amide bonds. The molecular weight excluding hydrogens is 1680 g/mol. The number of ether oxygens (including phenoxy) is 8. The minimum atomic E-state index is -0.465. The number of rotatable bonds is 42. The van der Waals surface area contributed by atoms with Gasteiger partial charge in [-0.2, -0.15) is 0 Å². The summed E-state index contributed by atoms with van der Waals surface area (Å²) in [6.07, 6.45) is 22.0. The Morgan fingerprint density at radius 2 is 0.689 bits per heavy atom. The minimum absolute atomic E-state index is 0.0485. The second kappa shape index (κ2) is 48.0. The summed E-state index contributed by atoms with van der Waals surface area (Å²) in [5.41, 5.74) is 5.40. The minimum Gasteiger partial charge on any atom is -0.493 e. The Kier molecular flexibility index (Phi) is 36.3. The zero-order valence-corrected chi connectivity index (χ0v) is 77.9. The third-order valence-corrected chi connectivity index (χ3v) is 25.0. The molecule has 8 aromatic rings. The SMILES string of the molecule is C=C(C)C(=O)OCCCCCOc1ccc2c3c(cccc13)C(=O)N(C1CCC(C(C)(C)C)CC1)C2=O.C=C(C)C(=O)OCCCOc1ccc2c3c(cccc13)C(=O)N(CCCCCC)C2=O.C=CC(=O)OCCCCCOc1ccc2c3c(cccc13)C(=O)N(CC1CCCN1CC)C2=O.C=CC(=O)OCCCOc1ccc2c3c(cccc13)C(=O)N(CCCCCC)C2=O. The molecule has 0 bridgehead atoms. The highest BCUT2D eigenvalue weighted by molar-refractivity contribution is 6.29. The van der Waals surface area contributed by atoms with Crippen molar-refractivity contribution in [2.24, 2.45) is 11.3 Å². The number of imide groups is 4. The van der Waals surface area contributed by atoms with Crippen molar-refractivity contribution < 1.29 is 95.4 Å². The number of hydrogen-bond acceptors (Lipinski definition) is 21. The van der Waals surface area contributed by atoms with Gasteiger partial charge in [0.15, 0.2) is 0 Å². The molecule has 0 N–H and O–H groups in total. The van der Waals surface area contributed by atoms with Gasteiger partial charge >= 0.3 is 23.9 Å². The second-order valence-corrected chi connectivity index (χ2v) is 35.3. The Labute approximate surface area is 774 Å². The molecule has 6 aliphatic rings. The van der Waals surface area contributed by atoms with Gasteiger partial charge in [0, 0.05) is 155 Å². The summed E-state index contributed by atoms with van der Waals surface area (Å²) >= 11 is 0. The average Bonchev–Trinajstić information content (AvgIpc) is 1.20. The van der Waals surface area contributed by atoms with Crippen molar-refractivity contribution >= 4 is 114 Å². The first-order valence-electron chi connectivity index (χ1n) is 46.9. The van der Waals surface area contributed by atoms with Crippen LogP contribution in [0.2, 0.25) is 0 Å². The first-order chi connectivity index (χ1) is 63.7. The quantitative estimate of drug-likeness (QED) is 0.0113. The third-order valence-electron chi connectivity index (χ3n) is 25.0. The Morgan fingerprint density at radius 1 is 0.371 bits per heavy atom. The number of hydrogen-bond donors (Lipinski definition) is 0. The maximum Gasteiger partial charge on any atom is 0.333 e. The Morgan fingerprint density at radius 3 is 1.05 bits per heavy atom. The van der Waals surface area contributed by atoms with Crippen LogP contribution in [0.5, 0.6) is 23.0 Å². The van der Waals surface area contributed by atoms with Crippen molar-refractivity contribution in [2.75, 3.05) is 85.6 Å². The van der Waals surface area contributed by atoms with Crippen LogP contribution < -0.4 is 18.9 Å². The van der Waals surface area contributed by atoms with E-state index in [0.717, 1.165) is 175 Å². The Balaban J connectivity index is 0.000000170. The zero-order valence-electron chi connectivity index (χ0n) is 77.9. The number of carbonyl (C=O) groups excluding carboxylic acids is 12. The molecule has 0 aromatic heterocycles. The molecule has 14 rings (SSSR count). The van der Waals surface area contributed by atoms with Gasteiger partial charge in [0.2, 0.25) is 0 Å². The molecule has 1 atom stereocenters. The summed E-state index contributed by atoms with van der Waals surface area (Å²) in [7, 11) is 0. The van der Waals surface area contributed by atoms with E-state index in [1.54, 1.807) is 68.4 Å². The van der Waals surface area contributed by atoms with Gasteiger partial charge in [0.05, 0.1) is 52.9 Å². The summed E-state index contributed by atoms with van der Waals surface area (Å²) < 4.78 is 43.9. The number of amides is 8. The van der Waals surface area contributed by atoms with Gasteiger partial charge < -0.3 is 37.9 Å². The van der Waals surface area contributed by atoms with E-state index in [2.05, 4.69) is 72.8 Å². The summed E-state index contributed by atoms with van der Waals surface area (Å²) in [5, 5.41) is 5.72. The molecule has 0 spiro atoms. The molecule has 1 aliphatic carbocycles. The summed E-state index contributed by atoms with van der Waals surface area (Å²) in [5.74, 6) is -0.318. The normalized spacial score (nSPS) is 16.1. The first-order valence-corrected chi connectivity index (χ1v) is 46.9. The van der Waals surface area contributed by atoms with Crippen molar-refractivity contribution in [1.82, 2.24) is 24.5 Å². The lowest BCUT2D eigenvalue weighted by atomic mass is 9.71. The average molecular weight is 1800 g/mol. The van der Waals surface area contributed by atoms with Gasteiger partial charge in [-0.15, -0.1) is 0 Å². The molecule has 8 aromatic carbocycles. The summed E-state index contributed by atoms with van der Waals surface area (Å²) in [6.45, 7) is 36.4. The Bertz CT molecular complexity index is 5550. The summed E-state index contributed by atoms with van der Waals surface area (Å²) in [4.78, 5) is 159. The highest BCUT2D eigenvalue weighted by Crippen LogP contribution is 2.45. The van der Waals surface area contributed by atoms with E-state index in [0.29, 0.717) is 178 Å². The van der Waals surface area contributed by atoms with Crippen LogP contribution in [0.1, 0.15) is 280 Å². The van der Waals surface area contributed by atoms with Crippen molar-refractivity contribution in [3.63, 3.8) is 0 Å². The Hall–Kier alpha value is -12.6. The van der Waals surface area contributed by atoms with Crippen molar-refractivity contribution in [3.05, 3.63) is 215 Å². The van der Waals surface area contributed by atoms with Crippen LogP contribution >= 0.6 is 0 Å². The molecule has 700 valence electrons. The topological polar surface area (TPSA) is 295 Å².